The predicted octanol–water partition coefficient (Wildman–Crippen LogP) is 4.04. The molecule has 1 aromatic heterocycles. The maximum absolute atomic E-state index is 14.2. The summed E-state index contributed by atoms with van der Waals surface area (Å²) < 4.78 is 80.0. The van der Waals surface area contributed by atoms with Gasteiger partial charge in [0.05, 0.1) is 25.9 Å². The molecule has 11 heteroatoms. The van der Waals surface area contributed by atoms with Crippen LogP contribution in [0.3, 0.4) is 0 Å². The van der Waals surface area contributed by atoms with Crippen LogP contribution in [0.5, 0.6) is 0 Å². The summed E-state index contributed by atoms with van der Waals surface area (Å²) in [5, 5.41) is 10.8. The maximum Gasteiger partial charge on any atom is 0.266 e. The van der Waals surface area contributed by atoms with Crippen molar-refractivity contribution in [2.45, 2.75) is 31.4 Å². The van der Waals surface area contributed by atoms with Gasteiger partial charge in [-0.15, -0.1) is 10.2 Å². The van der Waals surface area contributed by atoms with E-state index in [1.807, 2.05) is 0 Å². The van der Waals surface area contributed by atoms with E-state index in [2.05, 4.69) is 20.4 Å². The smallest absolute Gasteiger partial charge is 0.266 e. The fourth-order valence-corrected chi connectivity index (χ4v) is 5.38. The lowest BCUT2D eigenvalue weighted by molar-refractivity contribution is -0.0964. The number of nitrogens with one attached hydrogen (secondary N) is 1. The molecule has 0 radical (unpaired) electrons. The minimum absolute atomic E-state index is 0.0421. The predicted molar refractivity (Wildman–Crippen MR) is 113 cm³/mol. The van der Waals surface area contributed by atoms with E-state index in [9.17, 15) is 22.0 Å². The summed E-state index contributed by atoms with van der Waals surface area (Å²) in [6, 6.07) is 2.10. The average molecular weight is 484 g/mol. The van der Waals surface area contributed by atoms with Crippen LogP contribution in [0.1, 0.15) is 24.8 Å². The Bertz CT molecular complexity index is 1020. The van der Waals surface area contributed by atoms with Crippen LogP contribution in [0, 0.1) is 29.3 Å². The lowest BCUT2D eigenvalue weighted by atomic mass is 10.0. The van der Waals surface area contributed by atoms with Crippen LogP contribution in [-0.4, -0.2) is 66.7 Å². The number of likely N-dealkylation sites (tertiary alicyclic amines) is 1. The fourth-order valence-electron chi connectivity index (χ4n) is 5.38. The van der Waals surface area contributed by atoms with Crippen LogP contribution in [0.15, 0.2) is 18.2 Å². The van der Waals surface area contributed by atoms with Gasteiger partial charge in [0, 0.05) is 42.9 Å². The third-order valence-electron chi connectivity index (χ3n) is 6.83. The lowest BCUT2D eigenvalue weighted by Crippen LogP contribution is -2.39. The fraction of sp³-hybridized carbons (Fsp3) is 0.565. The minimum Gasteiger partial charge on any atom is -0.376 e. The molecule has 2 aromatic rings. The Labute approximate surface area is 193 Å². The Balaban J connectivity index is 1.24. The van der Waals surface area contributed by atoms with E-state index in [1.165, 1.54) is 0 Å². The van der Waals surface area contributed by atoms with Gasteiger partial charge in [0.15, 0.2) is 11.6 Å². The van der Waals surface area contributed by atoms with E-state index >= 15 is 0 Å². The van der Waals surface area contributed by atoms with E-state index in [0.29, 0.717) is 43.8 Å². The highest BCUT2D eigenvalue weighted by atomic mass is 19.3. The molecule has 0 spiro atoms. The summed E-state index contributed by atoms with van der Waals surface area (Å²) in [5.74, 6) is -2.93. The Morgan fingerprint density at radius 3 is 2.47 bits per heavy atom. The Morgan fingerprint density at radius 2 is 1.79 bits per heavy atom. The highest BCUT2D eigenvalue weighted by Gasteiger charge is 2.41. The standard InChI is InChI=1S/C23H25F5N4O2/c24-14-5-17(21(26)19(25)6-14)22-18(23(27)28)7-20(30-31-22)29-15-3-12-8-32(9-13(12)4-15)10-16-11-33-1-2-34-16/h5-7,12-13,15-16,23H,1-4,8-11H2,(H,29,30)/t12-,13+,15-,16-/m0/s1. The maximum atomic E-state index is 14.2. The van der Waals surface area contributed by atoms with Gasteiger partial charge in [-0.25, -0.2) is 22.0 Å². The number of nitrogens with zero attached hydrogens (tertiary/aromatic N) is 3. The first-order valence-corrected chi connectivity index (χ1v) is 11.4. The molecule has 3 heterocycles. The van der Waals surface area contributed by atoms with Crippen LogP contribution in [0.2, 0.25) is 0 Å². The number of aromatic nitrogens is 2. The number of halogens is 5. The van der Waals surface area contributed by atoms with Crippen LogP contribution in [0.25, 0.3) is 11.3 Å². The topological polar surface area (TPSA) is 59.5 Å². The molecule has 1 aromatic carbocycles. The second-order valence-electron chi connectivity index (χ2n) is 9.20. The van der Waals surface area contributed by atoms with Gasteiger partial charge in [0.1, 0.15) is 17.3 Å². The Hall–Kier alpha value is -2.37. The Kier molecular flexibility index (Phi) is 6.67. The third-order valence-corrected chi connectivity index (χ3v) is 6.83. The minimum atomic E-state index is -3.03. The monoisotopic (exact) mass is 484 g/mol. The van der Waals surface area contributed by atoms with Crippen molar-refractivity contribution in [3.05, 3.63) is 41.2 Å². The summed E-state index contributed by atoms with van der Waals surface area (Å²) in [5.41, 5.74) is -1.90. The van der Waals surface area contributed by atoms with Gasteiger partial charge in [-0.05, 0) is 36.8 Å². The molecule has 4 atom stereocenters. The van der Waals surface area contributed by atoms with Gasteiger partial charge in [0.25, 0.3) is 6.43 Å². The summed E-state index contributed by atoms with van der Waals surface area (Å²) >= 11 is 0. The number of ether oxygens (including phenoxy) is 2. The number of hydrogen-bond acceptors (Lipinski definition) is 6. The summed E-state index contributed by atoms with van der Waals surface area (Å²) in [6.07, 6.45) is -1.21. The van der Waals surface area contributed by atoms with Crippen LogP contribution < -0.4 is 5.32 Å². The first-order chi connectivity index (χ1) is 16.4. The number of anilines is 1. The van der Waals surface area contributed by atoms with Crippen molar-refractivity contribution in [2.75, 3.05) is 44.8 Å². The molecular weight excluding hydrogens is 459 g/mol. The quantitative estimate of drug-likeness (QED) is 0.494. The lowest BCUT2D eigenvalue weighted by Gasteiger charge is -2.28. The van der Waals surface area contributed by atoms with E-state index < -0.39 is 40.7 Å². The zero-order valence-corrected chi connectivity index (χ0v) is 18.3. The molecular formula is C23H25F5N4O2. The molecule has 0 unspecified atom stereocenters. The second kappa shape index (κ2) is 9.71. The summed E-state index contributed by atoms with van der Waals surface area (Å²) in [7, 11) is 0. The average Bonchev–Trinajstić information content (AvgIpc) is 3.34. The second-order valence-corrected chi connectivity index (χ2v) is 9.20. The van der Waals surface area contributed by atoms with Gasteiger partial charge in [0.2, 0.25) is 0 Å². The van der Waals surface area contributed by atoms with Crippen molar-refractivity contribution >= 4 is 5.82 Å². The van der Waals surface area contributed by atoms with E-state index in [0.717, 1.165) is 38.5 Å². The Morgan fingerprint density at radius 1 is 1.03 bits per heavy atom. The van der Waals surface area contributed by atoms with Crippen molar-refractivity contribution < 1.29 is 31.4 Å². The number of benzene rings is 1. The highest BCUT2D eigenvalue weighted by molar-refractivity contribution is 5.65. The molecule has 0 amide bonds. The highest BCUT2D eigenvalue weighted by Crippen LogP contribution is 2.40. The molecule has 34 heavy (non-hydrogen) atoms. The van der Waals surface area contributed by atoms with Gasteiger partial charge in [-0.3, -0.25) is 0 Å². The van der Waals surface area contributed by atoms with Crippen molar-refractivity contribution in [1.82, 2.24) is 15.1 Å². The largest absolute Gasteiger partial charge is 0.376 e. The van der Waals surface area contributed by atoms with E-state index in [1.54, 1.807) is 0 Å². The number of fused-ring (bicyclic) bond motifs is 1. The van der Waals surface area contributed by atoms with Crippen molar-refractivity contribution in [1.29, 1.82) is 0 Å². The van der Waals surface area contributed by atoms with Crippen LogP contribution in [0.4, 0.5) is 27.8 Å². The van der Waals surface area contributed by atoms with Crippen LogP contribution in [-0.2, 0) is 9.47 Å². The molecule has 1 N–H and O–H groups in total. The summed E-state index contributed by atoms with van der Waals surface area (Å²) in [4.78, 5) is 2.39. The summed E-state index contributed by atoms with van der Waals surface area (Å²) in [6.45, 7) is 4.61. The van der Waals surface area contributed by atoms with Gasteiger partial charge in [-0.1, -0.05) is 0 Å². The molecule has 3 aliphatic rings. The first kappa shape index (κ1) is 23.4. The third kappa shape index (κ3) is 4.87. The van der Waals surface area contributed by atoms with E-state index in [4.69, 9.17) is 9.47 Å². The molecule has 1 saturated carbocycles. The zero-order valence-electron chi connectivity index (χ0n) is 18.3. The van der Waals surface area contributed by atoms with Gasteiger partial charge >= 0.3 is 0 Å². The number of hydrogen-bond donors (Lipinski definition) is 1. The molecule has 0 bridgehead atoms. The molecule has 1 aliphatic carbocycles. The van der Waals surface area contributed by atoms with Crippen LogP contribution >= 0.6 is 0 Å². The molecule has 184 valence electrons. The van der Waals surface area contributed by atoms with Crippen molar-refractivity contribution in [2.24, 2.45) is 11.8 Å². The normalized spacial score (nSPS) is 27.4. The zero-order chi connectivity index (χ0) is 23.8. The van der Waals surface area contributed by atoms with Crippen molar-refractivity contribution in [3.63, 3.8) is 0 Å². The van der Waals surface area contributed by atoms with Gasteiger partial charge < -0.3 is 19.7 Å². The first-order valence-electron chi connectivity index (χ1n) is 11.4. The van der Waals surface area contributed by atoms with Gasteiger partial charge in [-0.2, -0.15) is 0 Å². The van der Waals surface area contributed by atoms with E-state index in [-0.39, 0.29) is 18.0 Å². The molecule has 3 fully saturated rings. The van der Waals surface area contributed by atoms with Crippen molar-refractivity contribution in [3.8, 4) is 11.3 Å². The molecule has 5 rings (SSSR count). The number of alkyl halides is 2. The molecule has 6 nitrogen and oxygen atoms in total. The SMILES string of the molecule is Fc1cc(F)c(F)c(-c2nnc(N[C@@H]3C[C@@H]4CN(C[C@H]5COCCO5)C[C@@H]4C3)cc2C(F)F)c1. The molecule has 2 saturated heterocycles. The number of rotatable bonds is 6. The molecule has 2 aliphatic heterocycles.